The molecule has 2 aromatic rings. The van der Waals surface area contributed by atoms with Gasteiger partial charge in [-0.3, -0.25) is 4.79 Å². The Bertz CT molecular complexity index is 829. The molecule has 0 heterocycles. The van der Waals surface area contributed by atoms with Crippen molar-refractivity contribution < 1.29 is 23.8 Å². The first-order valence-corrected chi connectivity index (χ1v) is 8.48. The highest BCUT2D eigenvalue weighted by Gasteiger charge is 2.11. The smallest absolute Gasteiger partial charge is 0.344 e. The highest BCUT2D eigenvalue weighted by atomic mass is 16.6. The molecule has 0 radical (unpaired) electrons. The molecular weight excluding hydrogens is 346 g/mol. The number of carbonyl (C=O) groups excluding carboxylic acids is 2. The van der Waals surface area contributed by atoms with Crippen LogP contribution in [0.2, 0.25) is 0 Å². The summed E-state index contributed by atoms with van der Waals surface area (Å²) in [4.78, 5) is 23.7. The lowest BCUT2D eigenvalue weighted by atomic mass is 10.2. The van der Waals surface area contributed by atoms with E-state index < -0.39 is 11.9 Å². The third kappa shape index (κ3) is 6.18. The number of amides is 1. The van der Waals surface area contributed by atoms with Gasteiger partial charge in [-0.15, -0.1) is 0 Å². The van der Waals surface area contributed by atoms with Crippen LogP contribution in [0.5, 0.6) is 11.5 Å². The summed E-state index contributed by atoms with van der Waals surface area (Å²) in [5.74, 6) is -0.122. The average Bonchev–Trinajstić information content (AvgIpc) is 2.67. The number of carbonyl (C=O) groups is 2. The monoisotopic (exact) mass is 369 g/mol. The van der Waals surface area contributed by atoms with Crippen molar-refractivity contribution in [2.45, 2.75) is 13.8 Å². The number of benzene rings is 2. The standard InChI is InChI=1S/C21H23NO5/c1-4-7-16-10-11-18(19(12-16)25-3)26-14-21(24)27-13-20(23)22-17-9-6-5-8-15(17)2/h4-12H,13-14H2,1-3H3,(H,22,23)/b7-4+. The molecule has 0 bridgehead atoms. The quantitative estimate of drug-likeness (QED) is 0.720. The number of para-hydroxylation sites is 1. The van der Waals surface area contributed by atoms with Crippen molar-refractivity contribution in [1.82, 2.24) is 0 Å². The number of methoxy groups -OCH3 is 1. The molecule has 1 N–H and O–H groups in total. The van der Waals surface area contributed by atoms with Gasteiger partial charge < -0.3 is 19.5 Å². The molecule has 0 atom stereocenters. The van der Waals surface area contributed by atoms with Gasteiger partial charge in [0.2, 0.25) is 0 Å². The van der Waals surface area contributed by atoms with Gasteiger partial charge in [0.1, 0.15) is 0 Å². The van der Waals surface area contributed by atoms with Gasteiger partial charge in [-0.1, -0.05) is 36.4 Å². The zero-order valence-electron chi connectivity index (χ0n) is 15.7. The molecule has 2 aromatic carbocycles. The molecule has 0 saturated carbocycles. The van der Waals surface area contributed by atoms with Crippen LogP contribution in [0.1, 0.15) is 18.1 Å². The van der Waals surface area contributed by atoms with Crippen molar-refractivity contribution in [2.75, 3.05) is 25.6 Å². The SMILES string of the molecule is C/C=C/c1ccc(OCC(=O)OCC(=O)Nc2ccccc2C)c(OC)c1. The predicted octanol–water partition coefficient (Wildman–Crippen LogP) is 3.60. The summed E-state index contributed by atoms with van der Waals surface area (Å²) in [5.41, 5.74) is 2.56. The molecule has 142 valence electrons. The Labute approximate surface area is 158 Å². The maximum absolute atomic E-state index is 11.9. The van der Waals surface area contributed by atoms with Gasteiger partial charge >= 0.3 is 5.97 Å². The van der Waals surface area contributed by atoms with Crippen LogP contribution in [0.15, 0.2) is 48.5 Å². The second-order valence-corrected chi connectivity index (χ2v) is 5.72. The Kier molecular flexibility index (Phi) is 7.43. The van der Waals surface area contributed by atoms with Gasteiger partial charge in [-0.25, -0.2) is 4.79 Å². The number of nitrogens with one attached hydrogen (secondary N) is 1. The second-order valence-electron chi connectivity index (χ2n) is 5.72. The fraction of sp³-hybridized carbons (Fsp3) is 0.238. The van der Waals surface area contributed by atoms with Crippen molar-refractivity contribution in [3.05, 3.63) is 59.7 Å². The minimum absolute atomic E-state index is 0.322. The van der Waals surface area contributed by atoms with Crippen molar-refractivity contribution in [2.24, 2.45) is 0 Å². The Hall–Kier alpha value is -3.28. The first kappa shape index (κ1) is 20.0. The molecule has 1 amide bonds. The Morgan fingerprint density at radius 3 is 2.56 bits per heavy atom. The van der Waals surface area contributed by atoms with E-state index in [9.17, 15) is 9.59 Å². The van der Waals surface area contributed by atoms with E-state index in [0.717, 1.165) is 11.1 Å². The molecule has 0 unspecified atom stereocenters. The first-order valence-electron chi connectivity index (χ1n) is 8.48. The first-order chi connectivity index (χ1) is 13.0. The summed E-state index contributed by atoms with van der Waals surface area (Å²) in [7, 11) is 1.52. The van der Waals surface area contributed by atoms with Gasteiger partial charge in [-0.05, 0) is 43.2 Å². The van der Waals surface area contributed by atoms with Gasteiger partial charge in [0, 0.05) is 5.69 Å². The molecule has 0 aliphatic carbocycles. The van der Waals surface area contributed by atoms with Crippen LogP contribution in [0.3, 0.4) is 0 Å². The molecule has 27 heavy (non-hydrogen) atoms. The van der Waals surface area contributed by atoms with Crippen molar-refractivity contribution in [3.63, 3.8) is 0 Å². The van der Waals surface area contributed by atoms with Crippen molar-refractivity contribution >= 4 is 23.6 Å². The number of esters is 1. The van der Waals surface area contributed by atoms with Gasteiger partial charge in [0.05, 0.1) is 7.11 Å². The van der Waals surface area contributed by atoms with E-state index in [0.29, 0.717) is 17.2 Å². The van der Waals surface area contributed by atoms with Crippen molar-refractivity contribution in [1.29, 1.82) is 0 Å². The summed E-state index contributed by atoms with van der Waals surface area (Å²) in [5, 5.41) is 2.69. The van der Waals surface area contributed by atoms with Crippen LogP contribution >= 0.6 is 0 Å². The summed E-state index contributed by atoms with van der Waals surface area (Å²) < 4.78 is 15.6. The normalized spacial score (nSPS) is 10.5. The van der Waals surface area contributed by atoms with E-state index >= 15 is 0 Å². The molecule has 6 heteroatoms. The number of aryl methyl sites for hydroxylation is 1. The van der Waals surface area contributed by atoms with E-state index in [1.807, 2.05) is 50.3 Å². The lowest BCUT2D eigenvalue weighted by Crippen LogP contribution is -2.24. The largest absolute Gasteiger partial charge is 0.493 e. The maximum atomic E-state index is 11.9. The van der Waals surface area contributed by atoms with Gasteiger partial charge in [0.25, 0.3) is 5.91 Å². The van der Waals surface area contributed by atoms with Crippen LogP contribution in [0.4, 0.5) is 5.69 Å². The summed E-state index contributed by atoms with van der Waals surface area (Å²) in [6, 6.07) is 12.7. The Balaban J connectivity index is 1.82. The number of hydrogen-bond donors (Lipinski definition) is 1. The fourth-order valence-electron chi connectivity index (χ4n) is 2.32. The molecule has 0 aliphatic heterocycles. The lowest BCUT2D eigenvalue weighted by molar-refractivity contribution is -0.149. The third-order valence-corrected chi connectivity index (χ3v) is 3.68. The zero-order chi connectivity index (χ0) is 19.6. The van der Waals surface area contributed by atoms with Crippen LogP contribution in [-0.4, -0.2) is 32.2 Å². The average molecular weight is 369 g/mol. The van der Waals surface area contributed by atoms with Crippen LogP contribution < -0.4 is 14.8 Å². The van der Waals surface area contributed by atoms with E-state index in [1.54, 1.807) is 18.2 Å². The van der Waals surface area contributed by atoms with Gasteiger partial charge in [-0.2, -0.15) is 0 Å². The van der Waals surface area contributed by atoms with E-state index in [2.05, 4.69) is 5.32 Å². The molecule has 2 rings (SSSR count). The molecule has 6 nitrogen and oxygen atoms in total. The van der Waals surface area contributed by atoms with E-state index in [4.69, 9.17) is 14.2 Å². The van der Waals surface area contributed by atoms with Crippen molar-refractivity contribution in [3.8, 4) is 11.5 Å². The molecule has 0 spiro atoms. The third-order valence-electron chi connectivity index (χ3n) is 3.68. The fourth-order valence-corrected chi connectivity index (χ4v) is 2.32. The highest BCUT2D eigenvalue weighted by Crippen LogP contribution is 2.28. The number of rotatable bonds is 8. The lowest BCUT2D eigenvalue weighted by Gasteiger charge is -2.11. The van der Waals surface area contributed by atoms with Crippen LogP contribution in [0.25, 0.3) is 6.08 Å². The number of allylic oxidation sites excluding steroid dienone is 1. The number of hydrogen-bond acceptors (Lipinski definition) is 5. The Morgan fingerprint density at radius 2 is 1.85 bits per heavy atom. The molecular formula is C21H23NO5. The maximum Gasteiger partial charge on any atom is 0.344 e. The molecule has 0 aromatic heterocycles. The van der Waals surface area contributed by atoms with E-state index in [-0.39, 0.29) is 13.2 Å². The topological polar surface area (TPSA) is 73.9 Å². The molecule has 0 saturated heterocycles. The highest BCUT2D eigenvalue weighted by molar-refractivity contribution is 5.93. The zero-order valence-corrected chi connectivity index (χ0v) is 15.7. The van der Waals surface area contributed by atoms with Crippen LogP contribution in [-0.2, 0) is 14.3 Å². The summed E-state index contributed by atoms with van der Waals surface area (Å²) >= 11 is 0. The summed E-state index contributed by atoms with van der Waals surface area (Å²) in [6.45, 7) is 3.09. The minimum atomic E-state index is -0.644. The van der Waals surface area contributed by atoms with Gasteiger partial charge in [0.15, 0.2) is 24.7 Å². The Morgan fingerprint density at radius 1 is 1.07 bits per heavy atom. The number of ether oxygens (including phenoxy) is 3. The summed E-state index contributed by atoms with van der Waals surface area (Å²) in [6.07, 6.45) is 3.84. The molecule has 0 aliphatic rings. The minimum Gasteiger partial charge on any atom is -0.493 e. The number of anilines is 1. The van der Waals surface area contributed by atoms with E-state index in [1.165, 1.54) is 7.11 Å². The predicted molar refractivity (Wildman–Crippen MR) is 104 cm³/mol. The molecule has 0 fully saturated rings. The van der Waals surface area contributed by atoms with Crippen LogP contribution in [0, 0.1) is 6.92 Å². The second kappa shape index (κ2) is 10.0.